The summed E-state index contributed by atoms with van der Waals surface area (Å²) in [6.07, 6.45) is 3.51. The smallest absolute Gasteiger partial charge is 0.172 e. The first kappa shape index (κ1) is 6.69. The van der Waals surface area contributed by atoms with Gasteiger partial charge in [-0.3, -0.25) is 5.10 Å². The Hall–Kier alpha value is -1.00. The molecule has 2 rings (SSSR count). The summed E-state index contributed by atoms with van der Waals surface area (Å²) in [6, 6.07) is 0. The fourth-order valence-corrected chi connectivity index (χ4v) is 1.17. The second-order valence-corrected chi connectivity index (χ2v) is 2.66. The highest BCUT2D eigenvalue weighted by molar-refractivity contribution is 6.33. The largest absolute Gasteiger partial charge is 0.325 e. The highest BCUT2D eigenvalue weighted by Gasteiger charge is 2.04. The molecule has 0 fully saturated rings. The maximum Gasteiger partial charge on any atom is 0.172 e. The SMILES string of the molecule is NCc1cn2[nH]cc(Cl)c2n1. The minimum Gasteiger partial charge on any atom is -0.325 e. The van der Waals surface area contributed by atoms with Crippen molar-refractivity contribution in [1.82, 2.24) is 14.6 Å². The van der Waals surface area contributed by atoms with Crippen LogP contribution in [0.2, 0.25) is 5.02 Å². The van der Waals surface area contributed by atoms with Crippen LogP contribution in [0.4, 0.5) is 0 Å². The molecule has 0 spiro atoms. The van der Waals surface area contributed by atoms with E-state index in [-0.39, 0.29) is 0 Å². The molecule has 0 atom stereocenters. The number of aromatic amines is 1. The lowest BCUT2D eigenvalue weighted by atomic mass is 10.5. The molecule has 11 heavy (non-hydrogen) atoms. The quantitative estimate of drug-likeness (QED) is 0.665. The van der Waals surface area contributed by atoms with Crippen molar-refractivity contribution in [3.63, 3.8) is 0 Å². The molecule has 2 aromatic heterocycles. The standard InChI is InChI=1S/C6H7ClN4/c7-5-2-9-11-3-4(1-8)10-6(5)11/h2-3,9H,1,8H2. The van der Waals surface area contributed by atoms with Gasteiger partial charge < -0.3 is 5.73 Å². The summed E-state index contributed by atoms with van der Waals surface area (Å²) in [5, 5.41) is 3.52. The topological polar surface area (TPSA) is 59.1 Å². The predicted octanol–water partition coefficient (Wildman–Crippen LogP) is 0.774. The number of nitrogens with one attached hydrogen (secondary N) is 1. The highest BCUT2D eigenvalue weighted by Crippen LogP contribution is 2.14. The van der Waals surface area contributed by atoms with E-state index in [0.717, 1.165) is 11.3 Å². The molecular weight excluding hydrogens is 164 g/mol. The molecule has 0 aromatic carbocycles. The number of H-pyrrole nitrogens is 1. The van der Waals surface area contributed by atoms with Gasteiger partial charge in [0.15, 0.2) is 5.65 Å². The van der Waals surface area contributed by atoms with Crippen LogP contribution in [0.1, 0.15) is 5.69 Å². The Balaban J connectivity index is 2.70. The zero-order chi connectivity index (χ0) is 7.84. The van der Waals surface area contributed by atoms with Gasteiger partial charge in [-0.05, 0) is 0 Å². The average molecular weight is 171 g/mol. The van der Waals surface area contributed by atoms with Crippen molar-refractivity contribution in [2.45, 2.75) is 6.54 Å². The first-order chi connectivity index (χ1) is 5.31. The number of fused-ring (bicyclic) bond motifs is 1. The van der Waals surface area contributed by atoms with Crippen LogP contribution in [0.15, 0.2) is 12.4 Å². The normalized spacial score (nSPS) is 11.1. The fraction of sp³-hybridized carbons (Fsp3) is 0.167. The number of hydrogen-bond donors (Lipinski definition) is 2. The summed E-state index contributed by atoms with van der Waals surface area (Å²) < 4.78 is 1.74. The second-order valence-electron chi connectivity index (χ2n) is 2.25. The second kappa shape index (κ2) is 2.25. The number of imidazole rings is 1. The molecule has 3 N–H and O–H groups in total. The van der Waals surface area contributed by atoms with Gasteiger partial charge in [0.05, 0.1) is 11.9 Å². The summed E-state index contributed by atoms with van der Waals surface area (Å²) in [6.45, 7) is 0.436. The maximum atomic E-state index is 5.79. The van der Waals surface area contributed by atoms with E-state index in [4.69, 9.17) is 17.3 Å². The Morgan fingerprint density at radius 3 is 3.18 bits per heavy atom. The molecule has 0 radical (unpaired) electrons. The van der Waals surface area contributed by atoms with Gasteiger partial charge in [0.2, 0.25) is 0 Å². The molecular formula is C6H7ClN4. The van der Waals surface area contributed by atoms with Crippen molar-refractivity contribution in [2.24, 2.45) is 5.73 Å². The summed E-state index contributed by atoms with van der Waals surface area (Å²) in [5.41, 5.74) is 6.95. The summed E-state index contributed by atoms with van der Waals surface area (Å²) in [4.78, 5) is 4.17. The molecule has 0 aliphatic heterocycles. The number of halogens is 1. The number of nitrogens with zero attached hydrogens (tertiary/aromatic N) is 2. The van der Waals surface area contributed by atoms with Crippen LogP contribution in [0.25, 0.3) is 5.65 Å². The molecule has 4 nitrogen and oxygen atoms in total. The summed E-state index contributed by atoms with van der Waals surface area (Å²) in [7, 11) is 0. The molecule has 2 aromatic rings. The Morgan fingerprint density at radius 1 is 1.73 bits per heavy atom. The first-order valence-electron chi connectivity index (χ1n) is 3.22. The van der Waals surface area contributed by atoms with Crippen molar-refractivity contribution < 1.29 is 0 Å². The monoisotopic (exact) mass is 170 g/mol. The summed E-state index contributed by atoms with van der Waals surface area (Å²) >= 11 is 5.79. The minimum absolute atomic E-state index is 0.436. The maximum absolute atomic E-state index is 5.79. The van der Waals surface area contributed by atoms with Gasteiger partial charge in [-0.2, -0.15) is 0 Å². The Bertz CT molecular complexity index is 375. The van der Waals surface area contributed by atoms with Crippen LogP contribution in [0.3, 0.4) is 0 Å². The van der Waals surface area contributed by atoms with Gasteiger partial charge in [-0.15, -0.1) is 0 Å². The van der Waals surface area contributed by atoms with E-state index in [9.17, 15) is 0 Å². The van der Waals surface area contributed by atoms with E-state index in [2.05, 4.69) is 10.1 Å². The van der Waals surface area contributed by atoms with E-state index in [0.29, 0.717) is 11.6 Å². The third-order valence-corrected chi connectivity index (χ3v) is 1.79. The predicted molar refractivity (Wildman–Crippen MR) is 42.4 cm³/mol. The average Bonchev–Trinajstić information content (AvgIpc) is 2.53. The first-order valence-corrected chi connectivity index (χ1v) is 3.60. The number of nitrogens with two attached hydrogens (primary N) is 1. The Kier molecular flexibility index (Phi) is 1.37. The molecule has 0 bridgehead atoms. The van der Waals surface area contributed by atoms with E-state index >= 15 is 0 Å². The Labute approximate surface area is 68.0 Å². The molecule has 0 saturated carbocycles. The number of aromatic nitrogens is 3. The van der Waals surface area contributed by atoms with Gasteiger partial charge in [0.1, 0.15) is 5.02 Å². The fourth-order valence-electron chi connectivity index (χ4n) is 0.985. The van der Waals surface area contributed by atoms with Gasteiger partial charge in [0.25, 0.3) is 0 Å². The molecule has 0 aliphatic rings. The highest BCUT2D eigenvalue weighted by atomic mass is 35.5. The van der Waals surface area contributed by atoms with E-state index < -0.39 is 0 Å². The molecule has 58 valence electrons. The molecule has 0 amide bonds. The van der Waals surface area contributed by atoms with Crippen LogP contribution in [-0.4, -0.2) is 14.6 Å². The van der Waals surface area contributed by atoms with Crippen LogP contribution in [0, 0.1) is 0 Å². The molecule has 2 heterocycles. The van der Waals surface area contributed by atoms with Gasteiger partial charge in [0, 0.05) is 12.7 Å². The molecule has 0 unspecified atom stereocenters. The van der Waals surface area contributed by atoms with E-state index in [1.54, 1.807) is 10.7 Å². The zero-order valence-corrected chi connectivity index (χ0v) is 6.47. The number of rotatable bonds is 1. The summed E-state index contributed by atoms with van der Waals surface area (Å²) in [5.74, 6) is 0. The molecule has 0 saturated heterocycles. The van der Waals surface area contributed by atoms with Crippen LogP contribution < -0.4 is 5.73 Å². The zero-order valence-electron chi connectivity index (χ0n) is 5.71. The third-order valence-electron chi connectivity index (χ3n) is 1.51. The van der Waals surface area contributed by atoms with Crippen molar-refractivity contribution >= 4 is 17.2 Å². The van der Waals surface area contributed by atoms with Gasteiger partial charge >= 0.3 is 0 Å². The van der Waals surface area contributed by atoms with Crippen LogP contribution >= 0.6 is 11.6 Å². The lowest BCUT2D eigenvalue weighted by molar-refractivity contribution is 0.955. The lowest BCUT2D eigenvalue weighted by Crippen LogP contribution is -1.95. The minimum atomic E-state index is 0.436. The third kappa shape index (κ3) is 0.911. The van der Waals surface area contributed by atoms with Crippen molar-refractivity contribution in [2.75, 3.05) is 0 Å². The molecule has 5 heteroatoms. The van der Waals surface area contributed by atoms with E-state index in [1.807, 2.05) is 6.20 Å². The molecule has 0 aliphatic carbocycles. The van der Waals surface area contributed by atoms with Gasteiger partial charge in [-0.1, -0.05) is 11.6 Å². The van der Waals surface area contributed by atoms with Crippen LogP contribution in [0.5, 0.6) is 0 Å². The van der Waals surface area contributed by atoms with E-state index in [1.165, 1.54) is 0 Å². The van der Waals surface area contributed by atoms with Crippen molar-refractivity contribution in [3.8, 4) is 0 Å². The van der Waals surface area contributed by atoms with Crippen molar-refractivity contribution in [1.29, 1.82) is 0 Å². The van der Waals surface area contributed by atoms with Crippen LogP contribution in [-0.2, 0) is 6.54 Å². The Morgan fingerprint density at radius 2 is 2.55 bits per heavy atom. The van der Waals surface area contributed by atoms with Gasteiger partial charge in [-0.25, -0.2) is 9.50 Å². The van der Waals surface area contributed by atoms with Crippen molar-refractivity contribution in [3.05, 3.63) is 23.1 Å². The lowest BCUT2D eigenvalue weighted by Gasteiger charge is -1.81. The number of hydrogen-bond acceptors (Lipinski definition) is 2.